The quantitative estimate of drug-likeness (QED) is 0.0193. The fraction of sp³-hybridized carbons (Fsp3) is 0.275. The maximum Gasteiger partial charge on any atom is 0.262 e. The highest BCUT2D eigenvalue weighted by Crippen LogP contribution is 2.59. The monoisotopic (exact) mass is 1600 g/mol. The first kappa shape index (κ1) is 77.3. The number of hydrogen-bond acceptors (Lipinski definition) is 14. The lowest BCUT2D eigenvalue weighted by atomic mass is 9.80. The van der Waals surface area contributed by atoms with Gasteiger partial charge in [0, 0.05) is 61.6 Å². The van der Waals surface area contributed by atoms with Crippen LogP contribution in [0.5, 0.6) is 46.0 Å². The van der Waals surface area contributed by atoms with E-state index in [1.54, 1.807) is 24.3 Å². The standard InChI is InChI=1S/C102H92N4O14/c1-3-5-33-82(97(107)103-69-29-19-31-75(53-69)114-59-77-60-115-77)105-99(109)78-55-84(116-71-43-35-65(36-44-71)61-21-11-7-12-22-61)91-93-86(118-73-47-39-67(40-48-73)63-25-15-9-16-26-63)57-80-90-81(102(112)106(101(80)111)83(34-6-4-2)98(108)104-70-30-20-32-76(54-70)120-88-51-52-113-88)58-87(119-74-49-41-68(42-50-74)64-27-17-10-18-28-64)94(96(90)93)92-85(56-79(100(105)110)89(78)95(91)92)117-72-45-37-66(38-46-72)62-23-13-8-14-24-62/h7-18,21-28,35-50,55-58,69-70,75-77,82-83,88H,3-6,19-20,29-34,51-54,59-60H2,1-2H3,(H,103,107)(H,104,108). The van der Waals surface area contributed by atoms with E-state index in [-0.39, 0.29) is 106 Å². The van der Waals surface area contributed by atoms with Crippen LogP contribution in [0.15, 0.2) is 243 Å². The Morgan fingerprint density at radius 1 is 0.383 bits per heavy atom. The largest absolute Gasteiger partial charge is 0.457 e. The van der Waals surface area contributed by atoms with Crippen LogP contribution >= 0.6 is 0 Å². The highest BCUT2D eigenvalue weighted by molar-refractivity contribution is 6.45. The van der Waals surface area contributed by atoms with Crippen molar-refractivity contribution in [2.24, 2.45) is 0 Å². The number of carbonyl (C=O) groups excluding carboxylic acids is 6. The number of hydrogen-bond donors (Lipinski definition) is 2. The molecule has 604 valence electrons. The molecule has 13 aromatic carbocycles. The zero-order valence-electron chi connectivity index (χ0n) is 67.1. The minimum Gasteiger partial charge on any atom is -0.457 e. The third-order valence-corrected chi connectivity index (χ3v) is 24.5. The molecule has 0 spiro atoms. The SMILES string of the molecule is CCCCC(C(=O)NC1CCCC(OCC2CO2)C1)N1C(=O)c2cc(Oc3ccc(-c4ccccc4)cc3)c3c4c(Oc5ccc(-c6ccccc6)cc5)cc5c6c(cc(Oc7ccc(-c8ccccc8)cc7)c(c7c(Oc8ccc(-c9ccccc9)cc8)cc(c2c37)C1=O)c64)C(=O)N(C(CCCC)C(=O)NC1CCCC(OC2CCO2)C1)C5=O. The summed E-state index contributed by atoms with van der Waals surface area (Å²) in [5.74, 6) is -1.99. The van der Waals surface area contributed by atoms with Crippen LogP contribution in [0.25, 0.3) is 87.6 Å². The number of nitrogens with zero attached hydrogens (tertiary/aromatic N) is 2. The summed E-state index contributed by atoms with van der Waals surface area (Å²) in [6, 6.07) is 73.8. The molecule has 8 unspecified atom stereocenters. The average Bonchev–Trinajstić information content (AvgIpc) is 0.687. The van der Waals surface area contributed by atoms with Gasteiger partial charge in [0.05, 0.1) is 54.3 Å². The van der Waals surface area contributed by atoms with Crippen molar-refractivity contribution in [2.75, 3.05) is 19.8 Å². The van der Waals surface area contributed by atoms with Gasteiger partial charge in [-0.15, -0.1) is 0 Å². The molecule has 0 radical (unpaired) electrons. The highest BCUT2D eigenvalue weighted by atomic mass is 16.7. The first-order valence-corrected chi connectivity index (χ1v) is 42.4. The summed E-state index contributed by atoms with van der Waals surface area (Å²) in [5.41, 5.74) is 7.69. The number of unbranched alkanes of at least 4 members (excludes halogenated alkanes) is 2. The van der Waals surface area contributed by atoms with Crippen molar-refractivity contribution in [3.63, 3.8) is 0 Å². The number of fused-ring (bicyclic) bond motifs is 2. The highest BCUT2D eigenvalue weighted by Gasteiger charge is 2.47. The third-order valence-electron chi connectivity index (χ3n) is 24.5. The van der Waals surface area contributed by atoms with Gasteiger partial charge >= 0.3 is 0 Å². The molecule has 6 amide bonds. The lowest BCUT2D eigenvalue weighted by Gasteiger charge is -2.37. The van der Waals surface area contributed by atoms with Gasteiger partial charge in [-0.3, -0.25) is 38.6 Å². The minimum absolute atomic E-state index is 0.0497. The molecule has 2 saturated heterocycles. The lowest BCUT2D eigenvalue weighted by Crippen LogP contribution is -2.56. The summed E-state index contributed by atoms with van der Waals surface area (Å²) in [5, 5.41) is 8.94. The Balaban J connectivity index is 0.880. The van der Waals surface area contributed by atoms with E-state index in [0.717, 1.165) is 86.4 Å². The minimum atomic E-state index is -1.28. The number of rotatable bonds is 29. The average molecular weight is 1600 g/mol. The Labute approximate surface area is 695 Å². The van der Waals surface area contributed by atoms with Crippen molar-refractivity contribution < 1.29 is 66.7 Å². The van der Waals surface area contributed by atoms with Gasteiger partial charge in [0.15, 0.2) is 6.29 Å². The molecule has 2 saturated carbocycles. The second kappa shape index (κ2) is 33.7. The second-order valence-electron chi connectivity index (χ2n) is 32.4. The van der Waals surface area contributed by atoms with E-state index in [0.29, 0.717) is 127 Å². The topological polar surface area (TPSA) is 210 Å². The van der Waals surface area contributed by atoms with Crippen LogP contribution in [0.1, 0.15) is 152 Å². The number of amides is 6. The third kappa shape index (κ3) is 15.4. The van der Waals surface area contributed by atoms with Crippen molar-refractivity contribution in [1.29, 1.82) is 0 Å². The number of carbonyl (C=O) groups is 6. The molecular weight excluding hydrogens is 1510 g/mol. The van der Waals surface area contributed by atoms with Crippen molar-refractivity contribution in [1.82, 2.24) is 20.4 Å². The maximum absolute atomic E-state index is 16.8. The Morgan fingerprint density at radius 2 is 0.692 bits per heavy atom. The summed E-state index contributed by atoms with van der Waals surface area (Å²) < 4.78 is 53.8. The van der Waals surface area contributed by atoms with Crippen LogP contribution < -0.4 is 29.6 Å². The molecule has 4 heterocycles. The first-order chi connectivity index (χ1) is 58.9. The van der Waals surface area contributed by atoms with Crippen LogP contribution in [0.2, 0.25) is 0 Å². The van der Waals surface area contributed by atoms with Gasteiger partial charge in [0.2, 0.25) is 11.8 Å². The predicted octanol–water partition coefficient (Wildman–Crippen LogP) is 21.9. The van der Waals surface area contributed by atoms with Gasteiger partial charge in [-0.2, -0.15) is 0 Å². The Bertz CT molecular complexity index is 5460. The number of imide groups is 2. The van der Waals surface area contributed by atoms with E-state index in [9.17, 15) is 0 Å². The maximum atomic E-state index is 16.8. The van der Waals surface area contributed by atoms with Gasteiger partial charge in [0.1, 0.15) is 64.2 Å². The Hall–Kier alpha value is -12.6. The smallest absolute Gasteiger partial charge is 0.262 e. The van der Waals surface area contributed by atoms with Gasteiger partial charge < -0.3 is 48.5 Å². The molecule has 0 aromatic heterocycles. The van der Waals surface area contributed by atoms with Crippen molar-refractivity contribution in [3.8, 4) is 90.5 Å². The van der Waals surface area contributed by atoms with Crippen molar-refractivity contribution >= 4 is 78.5 Å². The van der Waals surface area contributed by atoms with Gasteiger partial charge in [-0.05, 0) is 182 Å². The zero-order valence-corrected chi connectivity index (χ0v) is 67.1. The first-order valence-electron chi connectivity index (χ1n) is 42.4. The fourth-order valence-electron chi connectivity index (χ4n) is 18.2. The summed E-state index contributed by atoms with van der Waals surface area (Å²) >= 11 is 0. The normalized spacial score (nSPS) is 19.3. The number of nitrogens with one attached hydrogen (secondary N) is 2. The fourth-order valence-corrected chi connectivity index (χ4v) is 18.2. The molecule has 120 heavy (non-hydrogen) atoms. The molecule has 18 nitrogen and oxygen atoms in total. The molecule has 2 N–H and O–H groups in total. The van der Waals surface area contributed by atoms with Crippen LogP contribution in [-0.2, 0) is 28.5 Å². The second-order valence-corrected chi connectivity index (χ2v) is 32.4. The molecule has 6 aliphatic rings. The van der Waals surface area contributed by atoms with E-state index in [2.05, 4.69) is 10.6 Å². The Morgan fingerprint density at radius 3 is 0.992 bits per heavy atom. The molecule has 4 aliphatic heterocycles. The summed E-state index contributed by atoms with van der Waals surface area (Å²) in [6.45, 7) is 5.77. The molecule has 18 heteroatoms. The van der Waals surface area contributed by atoms with E-state index in [1.165, 1.54) is 0 Å². The molecular formula is C102H92N4O14. The van der Waals surface area contributed by atoms with Crippen LogP contribution in [0.3, 0.4) is 0 Å². The number of epoxide rings is 1. The van der Waals surface area contributed by atoms with E-state index < -0.39 is 47.5 Å². The van der Waals surface area contributed by atoms with Crippen molar-refractivity contribution in [3.05, 3.63) is 265 Å². The van der Waals surface area contributed by atoms with Crippen molar-refractivity contribution in [2.45, 2.75) is 159 Å². The van der Waals surface area contributed by atoms with Gasteiger partial charge in [0.25, 0.3) is 23.6 Å². The van der Waals surface area contributed by atoms with E-state index in [1.807, 2.05) is 232 Å². The molecule has 2 aliphatic carbocycles. The predicted molar refractivity (Wildman–Crippen MR) is 463 cm³/mol. The van der Waals surface area contributed by atoms with Gasteiger partial charge in [-0.25, -0.2) is 0 Å². The number of benzene rings is 13. The van der Waals surface area contributed by atoms with E-state index >= 15 is 28.8 Å². The molecule has 13 aromatic rings. The summed E-state index contributed by atoms with van der Waals surface area (Å²) in [7, 11) is 0. The van der Waals surface area contributed by atoms with Crippen LogP contribution in [-0.4, -0.2) is 114 Å². The molecule has 19 rings (SSSR count). The Kier molecular flexibility index (Phi) is 21.7. The zero-order chi connectivity index (χ0) is 81.5. The van der Waals surface area contributed by atoms with Crippen LogP contribution in [0, 0.1) is 0 Å². The molecule has 0 bridgehead atoms. The molecule has 4 fully saturated rings. The molecule has 8 atom stereocenters. The van der Waals surface area contributed by atoms with Crippen LogP contribution in [0.4, 0.5) is 0 Å². The van der Waals surface area contributed by atoms with Gasteiger partial charge in [-0.1, -0.05) is 209 Å². The summed E-state index contributed by atoms with van der Waals surface area (Å²) in [4.78, 5) is 101. The summed E-state index contributed by atoms with van der Waals surface area (Å²) in [6.07, 6.45) is 8.54. The lowest BCUT2D eigenvalue weighted by molar-refractivity contribution is -0.240. The number of ether oxygens (including phenoxy) is 8. The van der Waals surface area contributed by atoms with E-state index in [4.69, 9.17) is 37.9 Å².